The van der Waals surface area contributed by atoms with Crippen LogP contribution in [0.5, 0.6) is 0 Å². The van der Waals surface area contributed by atoms with Gasteiger partial charge in [0.2, 0.25) is 11.8 Å². The lowest BCUT2D eigenvalue weighted by molar-refractivity contribution is -0.140. The van der Waals surface area contributed by atoms with Gasteiger partial charge in [-0.3, -0.25) is 13.9 Å². The summed E-state index contributed by atoms with van der Waals surface area (Å²) in [4.78, 5) is 30.5. The molecule has 252 valence electrons. The highest BCUT2D eigenvalue weighted by molar-refractivity contribution is 7.92. The summed E-state index contributed by atoms with van der Waals surface area (Å²) in [6.07, 6.45) is 5.24. The molecule has 7 nitrogen and oxygen atoms in total. The minimum absolute atomic E-state index is 0.0216. The minimum Gasteiger partial charge on any atom is -0.352 e. The predicted molar refractivity (Wildman–Crippen MR) is 193 cm³/mol. The number of nitrogens with zero attached hydrogens (tertiary/aromatic N) is 2. The van der Waals surface area contributed by atoms with E-state index in [1.807, 2.05) is 68.4 Å². The highest BCUT2D eigenvalue weighted by atomic mass is 35.5. The standard InChI is InChI=1S/C38H41Cl2N3O4S/c1-27-17-20-33(21-18-27)48(46,47)43(32-19-22-34(39)35(40)24-32)26-37(44)42(25-30-14-10-9-11-28(30)2)36(23-29-12-5-3-6-13-29)38(45)41-31-15-7-4-8-16-31/h3,5-6,9-14,17-22,24,31,36H,4,7-8,15-16,23,25-26H2,1-2H3,(H,41,45)/t36-/m1/s1. The Morgan fingerprint density at radius 2 is 1.50 bits per heavy atom. The molecule has 0 aromatic heterocycles. The number of carbonyl (C=O) groups excluding carboxylic acids is 2. The largest absolute Gasteiger partial charge is 0.352 e. The van der Waals surface area contributed by atoms with Gasteiger partial charge in [-0.25, -0.2) is 8.42 Å². The molecule has 0 spiro atoms. The van der Waals surface area contributed by atoms with Gasteiger partial charge in [-0.15, -0.1) is 0 Å². The molecule has 48 heavy (non-hydrogen) atoms. The van der Waals surface area contributed by atoms with Gasteiger partial charge < -0.3 is 10.2 Å². The van der Waals surface area contributed by atoms with E-state index in [0.717, 1.165) is 58.7 Å². The number of anilines is 1. The van der Waals surface area contributed by atoms with Crippen LogP contribution in [-0.2, 0) is 32.6 Å². The molecule has 4 aromatic carbocycles. The molecule has 0 radical (unpaired) electrons. The third-order valence-corrected chi connectivity index (χ3v) is 11.4. The van der Waals surface area contributed by atoms with Crippen molar-refractivity contribution in [1.82, 2.24) is 10.2 Å². The van der Waals surface area contributed by atoms with Crippen molar-refractivity contribution in [2.75, 3.05) is 10.8 Å². The topological polar surface area (TPSA) is 86.8 Å². The smallest absolute Gasteiger partial charge is 0.264 e. The Kier molecular flexibility index (Phi) is 11.8. The van der Waals surface area contributed by atoms with Crippen LogP contribution in [0.3, 0.4) is 0 Å². The first-order chi connectivity index (χ1) is 23.0. The van der Waals surface area contributed by atoms with Crippen molar-refractivity contribution >= 4 is 50.7 Å². The molecule has 0 bridgehead atoms. The fourth-order valence-electron chi connectivity index (χ4n) is 6.08. The fraction of sp³-hybridized carbons (Fsp3) is 0.316. The van der Waals surface area contributed by atoms with Crippen molar-refractivity contribution in [3.63, 3.8) is 0 Å². The van der Waals surface area contributed by atoms with E-state index in [1.54, 1.807) is 12.1 Å². The molecule has 0 unspecified atom stereocenters. The zero-order valence-corrected chi connectivity index (χ0v) is 29.6. The Hall–Kier alpha value is -3.85. The number of amides is 2. The molecule has 4 aromatic rings. The Bertz CT molecular complexity index is 1830. The lowest BCUT2D eigenvalue weighted by atomic mass is 9.94. The maximum absolute atomic E-state index is 14.7. The van der Waals surface area contributed by atoms with Gasteiger partial charge >= 0.3 is 0 Å². The second kappa shape index (κ2) is 16.0. The average Bonchev–Trinajstić information content (AvgIpc) is 3.08. The monoisotopic (exact) mass is 705 g/mol. The zero-order valence-electron chi connectivity index (χ0n) is 27.2. The number of hydrogen-bond acceptors (Lipinski definition) is 4. The van der Waals surface area contributed by atoms with Gasteiger partial charge in [0.05, 0.1) is 20.6 Å². The predicted octanol–water partition coefficient (Wildman–Crippen LogP) is 7.89. The van der Waals surface area contributed by atoms with E-state index >= 15 is 0 Å². The van der Waals surface area contributed by atoms with Crippen LogP contribution in [0.15, 0.2) is 102 Å². The molecular formula is C38H41Cl2N3O4S. The number of hydrogen-bond donors (Lipinski definition) is 1. The van der Waals surface area contributed by atoms with Crippen molar-refractivity contribution in [2.24, 2.45) is 0 Å². The van der Waals surface area contributed by atoms with E-state index in [-0.39, 0.29) is 45.5 Å². The van der Waals surface area contributed by atoms with Crippen molar-refractivity contribution in [2.45, 2.75) is 75.9 Å². The maximum atomic E-state index is 14.7. The second-order valence-electron chi connectivity index (χ2n) is 12.4. The van der Waals surface area contributed by atoms with E-state index in [2.05, 4.69) is 5.32 Å². The molecule has 0 aliphatic heterocycles. The third kappa shape index (κ3) is 8.78. The molecule has 10 heteroatoms. The van der Waals surface area contributed by atoms with E-state index in [4.69, 9.17) is 23.2 Å². The molecule has 1 atom stereocenters. The van der Waals surface area contributed by atoms with Gasteiger partial charge in [0.15, 0.2) is 0 Å². The van der Waals surface area contributed by atoms with Gasteiger partial charge in [-0.1, -0.05) is 115 Å². The molecule has 5 rings (SSSR count). The van der Waals surface area contributed by atoms with E-state index in [0.29, 0.717) is 0 Å². The number of benzene rings is 4. The summed E-state index contributed by atoms with van der Waals surface area (Å²) in [5.41, 5.74) is 3.77. The lowest BCUT2D eigenvalue weighted by Gasteiger charge is -2.35. The quantitative estimate of drug-likeness (QED) is 0.162. The first-order valence-corrected chi connectivity index (χ1v) is 18.5. The highest BCUT2D eigenvalue weighted by Gasteiger charge is 2.35. The van der Waals surface area contributed by atoms with Gasteiger partial charge in [-0.2, -0.15) is 0 Å². The molecule has 1 aliphatic rings. The summed E-state index contributed by atoms with van der Waals surface area (Å²) in [6.45, 7) is 3.37. The van der Waals surface area contributed by atoms with Gasteiger partial charge in [0.25, 0.3) is 10.0 Å². The summed E-state index contributed by atoms with van der Waals surface area (Å²) < 4.78 is 29.6. The number of aryl methyl sites for hydroxylation is 2. The number of sulfonamides is 1. The third-order valence-electron chi connectivity index (χ3n) is 8.90. The Morgan fingerprint density at radius 3 is 2.17 bits per heavy atom. The van der Waals surface area contributed by atoms with Gasteiger partial charge in [-0.05, 0) is 73.7 Å². The number of nitrogens with one attached hydrogen (secondary N) is 1. The lowest BCUT2D eigenvalue weighted by Crippen LogP contribution is -2.55. The normalized spacial score (nSPS) is 14.2. The van der Waals surface area contributed by atoms with Crippen LogP contribution in [-0.4, -0.2) is 43.8 Å². The van der Waals surface area contributed by atoms with Crippen LogP contribution in [0.25, 0.3) is 0 Å². The van der Waals surface area contributed by atoms with Crippen molar-refractivity contribution in [3.8, 4) is 0 Å². The summed E-state index contributed by atoms with van der Waals surface area (Å²) in [7, 11) is -4.25. The van der Waals surface area contributed by atoms with Crippen molar-refractivity contribution < 1.29 is 18.0 Å². The molecule has 0 heterocycles. The molecule has 1 aliphatic carbocycles. The van der Waals surface area contributed by atoms with E-state index < -0.39 is 28.5 Å². The van der Waals surface area contributed by atoms with Crippen LogP contribution < -0.4 is 9.62 Å². The van der Waals surface area contributed by atoms with Gasteiger partial charge in [0.1, 0.15) is 12.6 Å². The first-order valence-electron chi connectivity index (χ1n) is 16.3. The van der Waals surface area contributed by atoms with E-state index in [1.165, 1.54) is 35.2 Å². The average molecular weight is 707 g/mol. The number of carbonyl (C=O) groups is 2. The summed E-state index contributed by atoms with van der Waals surface area (Å²) in [5, 5.41) is 3.64. The Morgan fingerprint density at radius 1 is 0.833 bits per heavy atom. The summed E-state index contributed by atoms with van der Waals surface area (Å²) in [6, 6.07) is 27.3. The molecule has 1 saturated carbocycles. The summed E-state index contributed by atoms with van der Waals surface area (Å²) >= 11 is 12.6. The van der Waals surface area contributed by atoms with Crippen LogP contribution in [0.2, 0.25) is 10.0 Å². The number of halogens is 2. The molecule has 1 fully saturated rings. The van der Waals surface area contributed by atoms with Crippen LogP contribution in [0, 0.1) is 13.8 Å². The molecule has 1 N–H and O–H groups in total. The minimum atomic E-state index is -4.25. The molecule has 0 saturated heterocycles. The molecule has 2 amide bonds. The summed E-state index contributed by atoms with van der Waals surface area (Å²) in [5.74, 6) is -0.782. The number of rotatable bonds is 12. The molecular weight excluding hydrogens is 665 g/mol. The fourth-order valence-corrected chi connectivity index (χ4v) is 7.77. The van der Waals surface area contributed by atoms with Crippen LogP contribution in [0.4, 0.5) is 5.69 Å². The van der Waals surface area contributed by atoms with Crippen molar-refractivity contribution in [3.05, 3.63) is 129 Å². The van der Waals surface area contributed by atoms with Crippen LogP contribution in [0.1, 0.15) is 54.4 Å². The SMILES string of the molecule is Cc1ccc(S(=O)(=O)N(CC(=O)N(Cc2ccccc2C)[C@H](Cc2ccccc2)C(=O)NC2CCCCC2)c2ccc(Cl)c(Cl)c2)cc1. The Balaban J connectivity index is 1.58. The van der Waals surface area contributed by atoms with E-state index in [9.17, 15) is 18.0 Å². The maximum Gasteiger partial charge on any atom is 0.264 e. The Labute approximate surface area is 293 Å². The zero-order chi connectivity index (χ0) is 34.3. The van der Waals surface area contributed by atoms with Gasteiger partial charge in [0, 0.05) is 19.0 Å². The highest BCUT2D eigenvalue weighted by Crippen LogP contribution is 2.31. The second-order valence-corrected chi connectivity index (χ2v) is 15.1. The first kappa shape index (κ1) is 35.5. The van der Waals surface area contributed by atoms with Crippen LogP contribution >= 0.6 is 23.2 Å². The van der Waals surface area contributed by atoms with Crippen molar-refractivity contribution in [1.29, 1.82) is 0 Å².